The van der Waals surface area contributed by atoms with Gasteiger partial charge in [-0.05, 0) is 13.8 Å². The van der Waals surface area contributed by atoms with Crippen LogP contribution in [-0.2, 0) is 4.79 Å². The minimum Gasteiger partial charge on any atom is -0.481 e. The Balaban J connectivity index is 4.11. The second-order valence-electron chi connectivity index (χ2n) is 3.06. The fourth-order valence-corrected chi connectivity index (χ4v) is 0.952. The summed E-state index contributed by atoms with van der Waals surface area (Å²) in [5, 5.41) is 11.0. The van der Waals surface area contributed by atoms with E-state index in [2.05, 4.69) is 11.2 Å². The lowest BCUT2D eigenvalue weighted by atomic mass is 10.3. The standard InChI is InChI=1S/C10H16N2O3/c1-4-8(3)11-10(15)12(5-2)7-6-9(13)14/h1,8H,5-7H2,2-3H3,(H,11,15)(H,13,14). The molecule has 0 bridgehead atoms. The number of urea groups is 1. The number of nitrogens with one attached hydrogen (secondary N) is 1. The maximum atomic E-state index is 11.5. The molecule has 0 aliphatic carbocycles. The molecule has 0 fully saturated rings. The maximum absolute atomic E-state index is 11.5. The molecule has 0 saturated carbocycles. The molecule has 0 aliphatic rings. The fourth-order valence-electron chi connectivity index (χ4n) is 0.952. The normalized spacial score (nSPS) is 11.3. The van der Waals surface area contributed by atoms with Crippen LogP contribution in [0.1, 0.15) is 20.3 Å². The number of terminal acetylenes is 1. The molecule has 84 valence electrons. The molecule has 0 saturated heterocycles. The number of aliphatic carboxylic acids is 1. The summed E-state index contributed by atoms with van der Waals surface area (Å²) in [4.78, 5) is 23.2. The van der Waals surface area contributed by atoms with Crippen LogP contribution in [0.4, 0.5) is 4.79 Å². The van der Waals surface area contributed by atoms with Gasteiger partial charge in [0.15, 0.2) is 0 Å². The van der Waals surface area contributed by atoms with Gasteiger partial charge in [-0.25, -0.2) is 4.79 Å². The van der Waals surface area contributed by atoms with Gasteiger partial charge in [-0.1, -0.05) is 5.92 Å². The minimum absolute atomic E-state index is 0.0638. The van der Waals surface area contributed by atoms with Crippen molar-refractivity contribution in [3.8, 4) is 12.3 Å². The monoisotopic (exact) mass is 212 g/mol. The molecule has 0 spiro atoms. The van der Waals surface area contributed by atoms with Gasteiger partial charge in [0.25, 0.3) is 0 Å². The Morgan fingerprint density at radius 1 is 1.60 bits per heavy atom. The molecular weight excluding hydrogens is 196 g/mol. The Labute approximate surface area is 89.4 Å². The zero-order valence-corrected chi connectivity index (χ0v) is 8.99. The molecule has 15 heavy (non-hydrogen) atoms. The van der Waals surface area contributed by atoms with E-state index in [-0.39, 0.29) is 25.0 Å². The van der Waals surface area contributed by atoms with Gasteiger partial charge in [-0.3, -0.25) is 4.79 Å². The van der Waals surface area contributed by atoms with Crippen molar-refractivity contribution in [1.29, 1.82) is 0 Å². The number of amides is 2. The Kier molecular flexibility index (Phi) is 5.95. The molecule has 5 heteroatoms. The van der Waals surface area contributed by atoms with Crippen molar-refractivity contribution in [1.82, 2.24) is 10.2 Å². The highest BCUT2D eigenvalue weighted by molar-refractivity contribution is 5.75. The van der Waals surface area contributed by atoms with Crippen molar-refractivity contribution < 1.29 is 14.7 Å². The summed E-state index contributed by atoms with van der Waals surface area (Å²) in [6, 6.07) is -0.680. The molecule has 1 atom stereocenters. The second kappa shape index (κ2) is 6.71. The van der Waals surface area contributed by atoms with Crippen LogP contribution in [0.2, 0.25) is 0 Å². The third-order valence-corrected chi connectivity index (χ3v) is 1.85. The first-order chi connectivity index (χ1) is 7.01. The Morgan fingerprint density at radius 2 is 2.20 bits per heavy atom. The lowest BCUT2D eigenvalue weighted by molar-refractivity contribution is -0.137. The van der Waals surface area contributed by atoms with Crippen molar-refractivity contribution in [3.63, 3.8) is 0 Å². The number of carboxylic acid groups (broad SMARTS) is 1. The van der Waals surface area contributed by atoms with E-state index in [0.717, 1.165) is 0 Å². The van der Waals surface area contributed by atoms with E-state index in [1.165, 1.54) is 4.90 Å². The van der Waals surface area contributed by atoms with Gasteiger partial charge >= 0.3 is 12.0 Å². The van der Waals surface area contributed by atoms with Crippen molar-refractivity contribution in [3.05, 3.63) is 0 Å². The van der Waals surface area contributed by atoms with Gasteiger partial charge < -0.3 is 15.3 Å². The van der Waals surface area contributed by atoms with Crippen LogP contribution in [-0.4, -0.2) is 41.1 Å². The number of hydrogen-bond donors (Lipinski definition) is 2. The van der Waals surface area contributed by atoms with E-state index >= 15 is 0 Å². The quantitative estimate of drug-likeness (QED) is 0.652. The zero-order valence-electron chi connectivity index (χ0n) is 8.99. The minimum atomic E-state index is -0.925. The van der Waals surface area contributed by atoms with E-state index in [1.54, 1.807) is 13.8 Å². The van der Waals surface area contributed by atoms with E-state index in [9.17, 15) is 9.59 Å². The molecule has 5 nitrogen and oxygen atoms in total. The summed E-state index contributed by atoms with van der Waals surface area (Å²) < 4.78 is 0. The first-order valence-corrected chi connectivity index (χ1v) is 4.74. The van der Waals surface area contributed by atoms with Gasteiger partial charge in [-0.2, -0.15) is 0 Å². The van der Waals surface area contributed by atoms with Gasteiger partial charge in [0.05, 0.1) is 12.5 Å². The average molecular weight is 212 g/mol. The molecule has 2 amide bonds. The largest absolute Gasteiger partial charge is 0.481 e. The molecule has 0 aliphatic heterocycles. The summed E-state index contributed by atoms with van der Waals surface area (Å²) in [6.07, 6.45) is 5.04. The molecule has 0 rings (SSSR count). The molecule has 0 radical (unpaired) electrons. The molecule has 1 unspecified atom stereocenters. The van der Waals surface area contributed by atoms with Crippen molar-refractivity contribution in [2.75, 3.05) is 13.1 Å². The summed E-state index contributed by atoms with van der Waals surface area (Å²) in [7, 11) is 0. The van der Waals surface area contributed by atoms with Crippen molar-refractivity contribution >= 4 is 12.0 Å². The molecule has 0 heterocycles. The topological polar surface area (TPSA) is 69.6 Å². The molecular formula is C10H16N2O3. The number of carbonyl (C=O) groups is 2. The molecule has 0 aromatic heterocycles. The van der Waals surface area contributed by atoms with Crippen LogP contribution >= 0.6 is 0 Å². The lowest BCUT2D eigenvalue weighted by Gasteiger charge is -2.21. The highest BCUT2D eigenvalue weighted by atomic mass is 16.4. The first kappa shape index (κ1) is 13.3. The van der Waals surface area contributed by atoms with Crippen LogP contribution in [0.15, 0.2) is 0 Å². The van der Waals surface area contributed by atoms with Crippen LogP contribution in [0.5, 0.6) is 0 Å². The van der Waals surface area contributed by atoms with Gasteiger partial charge in [0.1, 0.15) is 0 Å². The van der Waals surface area contributed by atoms with E-state index < -0.39 is 5.97 Å². The van der Waals surface area contributed by atoms with E-state index in [4.69, 9.17) is 11.5 Å². The SMILES string of the molecule is C#CC(C)NC(=O)N(CC)CCC(=O)O. The molecule has 0 aromatic rings. The van der Waals surface area contributed by atoms with Crippen LogP contribution in [0.25, 0.3) is 0 Å². The van der Waals surface area contributed by atoms with Gasteiger partial charge in [0.2, 0.25) is 0 Å². The maximum Gasteiger partial charge on any atom is 0.318 e. The predicted molar refractivity (Wildman–Crippen MR) is 56.3 cm³/mol. The Hall–Kier alpha value is -1.70. The lowest BCUT2D eigenvalue weighted by Crippen LogP contribution is -2.44. The summed E-state index contributed by atoms with van der Waals surface area (Å²) in [5.41, 5.74) is 0. The molecule has 0 aromatic carbocycles. The van der Waals surface area contributed by atoms with Gasteiger partial charge in [-0.15, -0.1) is 6.42 Å². The number of rotatable bonds is 5. The van der Waals surface area contributed by atoms with Crippen LogP contribution in [0, 0.1) is 12.3 Å². The van der Waals surface area contributed by atoms with E-state index in [1.807, 2.05) is 0 Å². The number of nitrogens with zero attached hydrogens (tertiary/aromatic N) is 1. The Bertz CT molecular complexity index is 270. The third-order valence-electron chi connectivity index (χ3n) is 1.85. The smallest absolute Gasteiger partial charge is 0.318 e. The molecule has 2 N–H and O–H groups in total. The number of hydrogen-bond acceptors (Lipinski definition) is 2. The zero-order chi connectivity index (χ0) is 11.8. The number of carboxylic acids is 1. The van der Waals surface area contributed by atoms with Crippen LogP contribution in [0.3, 0.4) is 0 Å². The van der Waals surface area contributed by atoms with E-state index in [0.29, 0.717) is 6.54 Å². The summed E-state index contributed by atoms with van der Waals surface area (Å²) in [6.45, 7) is 4.11. The summed E-state index contributed by atoms with van der Waals surface area (Å²) >= 11 is 0. The van der Waals surface area contributed by atoms with Crippen molar-refractivity contribution in [2.45, 2.75) is 26.3 Å². The summed E-state index contributed by atoms with van der Waals surface area (Å²) in [5.74, 6) is 1.44. The second-order valence-corrected chi connectivity index (χ2v) is 3.06. The highest BCUT2D eigenvalue weighted by Crippen LogP contribution is 1.94. The Morgan fingerprint density at radius 3 is 2.60 bits per heavy atom. The van der Waals surface area contributed by atoms with Gasteiger partial charge in [0, 0.05) is 13.1 Å². The third kappa shape index (κ3) is 5.57. The fraction of sp³-hybridized carbons (Fsp3) is 0.600. The average Bonchev–Trinajstić information content (AvgIpc) is 2.18. The first-order valence-electron chi connectivity index (χ1n) is 4.74. The predicted octanol–water partition coefficient (Wildman–Crippen LogP) is 0.514. The highest BCUT2D eigenvalue weighted by Gasteiger charge is 2.13. The number of carbonyl (C=O) groups excluding carboxylic acids is 1. The van der Waals surface area contributed by atoms with Crippen molar-refractivity contribution in [2.24, 2.45) is 0 Å². The van der Waals surface area contributed by atoms with Crippen LogP contribution < -0.4 is 5.32 Å².